The molecular formula is C18H20ClN3O2S. The Bertz CT molecular complexity index is 889. The standard InChI is InChI=1S/C18H20ClN3O2S/c1-13(2)22-25(23,24)12-15-6-4-3-5-14(15)11-21-18-8-7-17(19)9-16(18)10-20/h3-9,13,21-22H,11-12H2,1-2H3. The van der Waals surface area contributed by atoms with Gasteiger partial charge in [-0.3, -0.25) is 0 Å². The number of nitrogens with one attached hydrogen (secondary N) is 2. The SMILES string of the molecule is CC(C)NS(=O)(=O)Cc1ccccc1CNc1ccc(Cl)cc1C#N. The first-order chi connectivity index (χ1) is 11.8. The van der Waals surface area contributed by atoms with E-state index in [0.717, 1.165) is 11.1 Å². The summed E-state index contributed by atoms with van der Waals surface area (Å²) < 4.78 is 27.0. The lowest BCUT2D eigenvalue weighted by Gasteiger charge is -2.14. The molecule has 0 atom stereocenters. The van der Waals surface area contributed by atoms with E-state index in [1.807, 2.05) is 18.2 Å². The Morgan fingerprint density at radius 1 is 1.16 bits per heavy atom. The van der Waals surface area contributed by atoms with Crippen LogP contribution in [0.3, 0.4) is 0 Å². The molecule has 0 fully saturated rings. The first-order valence-electron chi connectivity index (χ1n) is 7.81. The Morgan fingerprint density at radius 2 is 1.84 bits per heavy atom. The molecule has 2 aromatic carbocycles. The lowest BCUT2D eigenvalue weighted by atomic mass is 10.1. The third-order valence-corrected chi connectivity index (χ3v) is 5.21. The fourth-order valence-electron chi connectivity index (χ4n) is 2.43. The Kier molecular flexibility index (Phi) is 6.43. The van der Waals surface area contributed by atoms with Gasteiger partial charge in [0, 0.05) is 17.6 Å². The molecule has 0 radical (unpaired) electrons. The van der Waals surface area contributed by atoms with E-state index in [1.54, 1.807) is 38.1 Å². The van der Waals surface area contributed by atoms with Crippen molar-refractivity contribution in [1.82, 2.24) is 4.72 Å². The molecule has 5 nitrogen and oxygen atoms in total. The number of rotatable bonds is 7. The quantitative estimate of drug-likeness (QED) is 0.771. The number of nitriles is 1. The van der Waals surface area contributed by atoms with E-state index in [1.165, 1.54) is 0 Å². The summed E-state index contributed by atoms with van der Waals surface area (Å²) in [6.07, 6.45) is 0. The minimum absolute atomic E-state index is 0.0885. The highest BCUT2D eigenvalue weighted by Crippen LogP contribution is 2.21. The Morgan fingerprint density at radius 3 is 2.48 bits per heavy atom. The van der Waals surface area contributed by atoms with Crippen LogP contribution in [0.2, 0.25) is 5.02 Å². The van der Waals surface area contributed by atoms with Gasteiger partial charge in [-0.2, -0.15) is 5.26 Å². The molecule has 2 rings (SSSR count). The van der Waals surface area contributed by atoms with Gasteiger partial charge in [0.1, 0.15) is 6.07 Å². The summed E-state index contributed by atoms with van der Waals surface area (Å²) in [5, 5.41) is 12.9. The maximum absolute atomic E-state index is 12.2. The highest BCUT2D eigenvalue weighted by molar-refractivity contribution is 7.88. The molecule has 0 unspecified atom stereocenters. The van der Waals surface area contributed by atoms with E-state index < -0.39 is 10.0 Å². The molecule has 0 aromatic heterocycles. The predicted molar refractivity (Wildman–Crippen MR) is 101 cm³/mol. The average molecular weight is 378 g/mol. The molecule has 25 heavy (non-hydrogen) atoms. The van der Waals surface area contributed by atoms with Crippen molar-refractivity contribution in [3.63, 3.8) is 0 Å². The van der Waals surface area contributed by atoms with Crippen molar-refractivity contribution in [1.29, 1.82) is 5.26 Å². The Balaban J connectivity index is 2.18. The van der Waals surface area contributed by atoms with Gasteiger partial charge in [-0.05, 0) is 43.2 Å². The van der Waals surface area contributed by atoms with E-state index in [4.69, 9.17) is 11.6 Å². The van der Waals surface area contributed by atoms with Gasteiger partial charge in [0.15, 0.2) is 0 Å². The van der Waals surface area contributed by atoms with Crippen LogP contribution in [0.25, 0.3) is 0 Å². The highest BCUT2D eigenvalue weighted by Gasteiger charge is 2.15. The van der Waals surface area contributed by atoms with Crippen LogP contribution in [-0.4, -0.2) is 14.5 Å². The summed E-state index contributed by atoms with van der Waals surface area (Å²) in [6, 6.07) is 14.3. The Hall–Kier alpha value is -2.07. The molecule has 0 aliphatic heterocycles. The number of hydrogen-bond acceptors (Lipinski definition) is 4. The van der Waals surface area contributed by atoms with Gasteiger partial charge in [0.05, 0.1) is 17.0 Å². The van der Waals surface area contributed by atoms with Crippen molar-refractivity contribution in [2.75, 3.05) is 5.32 Å². The zero-order chi connectivity index (χ0) is 18.4. The minimum Gasteiger partial charge on any atom is -0.380 e. The zero-order valence-electron chi connectivity index (χ0n) is 14.1. The number of anilines is 1. The summed E-state index contributed by atoms with van der Waals surface area (Å²) >= 11 is 5.90. The number of benzene rings is 2. The maximum atomic E-state index is 12.2. The first kappa shape index (κ1) is 19.3. The van der Waals surface area contributed by atoms with Gasteiger partial charge in [-0.25, -0.2) is 13.1 Å². The van der Waals surface area contributed by atoms with Crippen molar-refractivity contribution in [2.24, 2.45) is 0 Å². The van der Waals surface area contributed by atoms with Crippen LogP contribution in [0.5, 0.6) is 0 Å². The van der Waals surface area contributed by atoms with Crippen LogP contribution in [-0.2, 0) is 22.3 Å². The van der Waals surface area contributed by atoms with Crippen molar-refractivity contribution in [3.8, 4) is 6.07 Å². The molecule has 0 saturated carbocycles. The van der Waals surface area contributed by atoms with Crippen molar-refractivity contribution in [3.05, 3.63) is 64.2 Å². The normalized spacial score (nSPS) is 11.3. The number of nitrogens with zero attached hydrogens (tertiary/aromatic N) is 1. The van der Waals surface area contributed by atoms with Crippen LogP contribution in [0.4, 0.5) is 5.69 Å². The molecule has 0 saturated heterocycles. The fraction of sp³-hybridized carbons (Fsp3) is 0.278. The van der Waals surface area contributed by atoms with Gasteiger partial charge >= 0.3 is 0 Å². The number of sulfonamides is 1. The third-order valence-electron chi connectivity index (χ3n) is 3.45. The second-order valence-corrected chi connectivity index (χ2v) is 8.15. The molecule has 7 heteroatoms. The average Bonchev–Trinajstić information content (AvgIpc) is 2.53. The van der Waals surface area contributed by atoms with Crippen molar-refractivity contribution >= 4 is 27.3 Å². The minimum atomic E-state index is -3.41. The van der Waals surface area contributed by atoms with Gasteiger partial charge in [0.25, 0.3) is 0 Å². The fourth-order valence-corrected chi connectivity index (χ4v) is 4.09. The molecule has 0 heterocycles. The topological polar surface area (TPSA) is 82.0 Å². The molecule has 2 N–H and O–H groups in total. The van der Waals surface area contributed by atoms with Gasteiger partial charge in [0.2, 0.25) is 10.0 Å². The van der Waals surface area contributed by atoms with Crippen molar-refractivity contribution in [2.45, 2.75) is 32.2 Å². The summed E-state index contributed by atoms with van der Waals surface area (Å²) in [6.45, 7) is 3.98. The monoisotopic (exact) mass is 377 g/mol. The molecule has 0 aliphatic carbocycles. The number of hydrogen-bond donors (Lipinski definition) is 2. The van der Waals surface area contributed by atoms with E-state index >= 15 is 0 Å². The molecule has 0 spiro atoms. The smallest absolute Gasteiger partial charge is 0.216 e. The largest absolute Gasteiger partial charge is 0.380 e. The van der Waals surface area contributed by atoms with Gasteiger partial charge < -0.3 is 5.32 Å². The van der Waals surface area contributed by atoms with E-state index in [2.05, 4.69) is 16.1 Å². The molecular weight excluding hydrogens is 358 g/mol. The van der Waals surface area contributed by atoms with Crippen LogP contribution < -0.4 is 10.0 Å². The molecule has 0 amide bonds. The molecule has 0 aliphatic rings. The second kappa shape index (κ2) is 8.34. The predicted octanol–water partition coefficient (Wildman–Crippen LogP) is 3.65. The van der Waals surface area contributed by atoms with Crippen molar-refractivity contribution < 1.29 is 8.42 Å². The molecule has 0 bridgehead atoms. The van der Waals surface area contributed by atoms with Crippen LogP contribution in [0, 0.1) is 11.3 Å². The van der Waals surface area contributed by atoms with E-state index in [-0.39, 0.29) is 11.8 Å². The highest BCUT2D eigenvalue weighted by atomic mass is 35.5. The first-order valence-corrected chi connectivity index (χ1v) is 9.84. The van der Waals surface area contributed by atoms with Gasteiger partial charge in [-0.1, -0.05) is 35.9 Å². The Labute approximate surface area is 153 Å². The van der Waals surface area contributed by atoms with Crippen LogP contribution in [0.15, 0.2) is 42.5 Å². The van der Waals surface area contributed by atoms with Gasteiger partial charge in [-0.15, -0.1) is 0 Å². The summed E-state index contributed by atoms with van der Waals surface area (Å²) in [4.78, 5) is 0. The maximum Gasteiger partial charge on any atom is 0.216 e. The zero-order valence-corrected chi connectivity index (χ0v) is 15.7. The van der Waals surface area contributed by atoms with Crippen LogP contribution in [0.1, 0.15) is 30.5 Å². The van der Waals surface area contributed by atoms with E-state index in [0.29, 0.717) is 22.8 Å². The number of halogens is 1. The summed E-state index contributed by atoms with van der Waals surface area (Å²) in [7, 11) is -3.41. The second-order valence-electron chi connectivity index (χ2n) is 5.96. The molecule has 132 valence electrons. The van der Waals surface area contributed by atoms with Crippen LogP contribution >= 0.6 is 11.6 Å². The van der Waals surface area contributed by atoms with E-state index in [9.17, 15) is 13.7 Å². The lowest BCUT2D eigenvalue weighted by molar-refractivity contribution is 0.569. The summed E-state index contributed by atoms with van der Waals surface area (Å²) in [5.74, 6) is -0.0885. The molecule has 2 aromatic rings. The lowest BCUT2D eigenvalue weighted by Crippen LogP contribution is -2.31. The summed E-state index contributed by atoms with van der Waals surface area (Å²) in [5.41, 5.74) is 2.68. The third kappa shape index (κ3) is 5.75.